The number of hydrogen-bond acceptors (Lipinski definition) is 4. The smallest absolute Gasteiger partial charge is 0.270 e. The Morgan fingerprint density at radius 1 is 1.73 bits per heavy atom. The summed E-state index contributed by atoms with van der Waals surface area (Å²) in [5.41, 5.74) is 2.12. The maximum atomic E-state index is 11.4. The van der Waals surface area contributed by atoms with Crippen LogP contribution in [0.5, 0.6) is 0 Å². The summed E-state index contributed by atoms with van der Waals surface area (Å²) in [5, 5.41) is 13.3. The summed E-state index contributed by atoms with van der Waals surface area (Å²) >= 11 is 1.41. The van der Waals surface area contributed by atoms with Crippen LogP contribution in [-0.2, 0) is 0 Å². The third-order valence-corrected chi connectivity index (χ3v) is 2.72. The normalized spacial score (nSPS) is 12.4. The molecule has 1 heterocycles. The third kappa shape index (κ3) is 4.40. The molecule has 1 aromatic rings. The van der Waals surface area contributed by atoms with Gasteiger partial charge in [-0.1, -0.05) is 6.92 Å². The van der Waals surface area contributed by atoms with Gasteiger partial charge in [-0.05, 0) is 18.8 Å². The predicted molar refractivity (Wildman–Crippen MR) is 59.9 cm³/mol. The number of aromatic nitrogens is 1. The van der Waals surface area contributed by atoms with E-state index in [2.05, 4.69) is 10.3 Å². The molecule has 0 aliphatic rings. The van der Waals surface area contributed by atoms with Gasteiger partial charge < -0.3 is 10.4 Å². The van der Waals surface area contributed by atoms with Crippen LogP contribution in [0.2, 0.25) is 0 Å². The molecule has 1 unspecified atom stereocenters. The Kier molecular flexibility index (Phi) is 5.28. The molecule has 1 aromatic heterocycles. The largest absolute Gasteiger partial charge is 0.396 e. The number of carbonyl (C=O) groups excluding carboxylic acids is 1. The van der Waals surface area contributed by atoms with Gasteiger partial charge in [0, 0.05) is 18.5 Å². The highest BCUT2D eigenvalue weighted by molar-refractivity contribution is 7.07. The average Bonchev–Trinajstić information content (AvgIpc) is 2.77. The molecule has 0 aliphatic heterocycles. The second-order valence-electron chi connectivity index (χ2n) is 3.56. The van der Waals surface area contributed by atoms with Crippen molar-refractivity contribution >= 4 is 17.2 Å². The minimum atomic E-state index is -0.118. The molecule has 1 atom stereocenters. The molecule has 1 rings (SSSR count). The molecule has 1 amide bonds. The summed E-state index contributed by atoms with van der Waals surface area (Å²) in [6.07, 6.45) is 1.81. The van der Waals surface area contributed by atoms with E-state index in [0.29, 0.717) is 18.2 Å². The number of nitrogens with zero attached hydrogens (tertiary/aromatic N) is 1. The molecule has 15 heavy (non-hydrogen) atoms. The van der Waals surface area contributed by atoms with Gasteiger partial charge in [0.2, 0.25) is 0 Å². The molecule has 0 bridgehead atoms. The van der Waals surface area contributed by atoms with Crippen LogP contribution in [0.3, 0.4) is 0 Å². The van der Waals surface area contributed by atoms with Gasteiger partial charge in [0.05, 0.1) is 5.51 Å². The highest BCUT2D eigenvalue weighted by Crippen LogP contribution is 2.03. The van der Waals surface area contributed by atoms with Gasteiger partial charge in [-0.15, -0.1) is 11.3 Å². The summed E-state index contributed by atoms with van der Waals surface area (Å²) < 4.78 is 0. The molecule has 0 saturated carbocycles. The van der Waals surface area contributed by atoms with E-state index in [1.165, 1.54) is 11.3 Å². The van der Waals surface area contributed by atoms with E-state index >= 15 is 0 Å². The second-order valence-corrected chi connectivity index (χ2v) is 4.28. The number of amides is 1. The topological polar surface area (TPSA) is 62.2 Å². The Bertz CT molecular complexity index is 288. The van der Waals surface area contributed by atoms with Gasteiger partial charge in [0.15, 0.2) is 0 Å². The van der Waals surface area contributed by atoms with Crippen LogP contribution < -0.4 is 5.32 Å². The summed E-state index contributed by atoms with van der Waals surface area (Å²) in [6, 6.07) is 0. The van der Waals surface area contributed by atoms with Gasteiger partial charge >= 0.3 is 0 Å². The van der Waals surface area contributed by atoms with Crippen LogP contribution in [-0.4, -0.2) is 29.1 Å². The zero-order valence-electron chi connectivity index (χ0n) is 8.77. The molecule has 5 heteroatoms. The number of thiazole rings is 1. The maximum Gasteiger partial charge on any atom is 0.270 e. The lowest BCUT2D eigenvalue weighted by molar-refractivity contribution is 0.0948. The fourth-order valence-electron chi connectivity index (χ4n) is 1.16. The second kappa shape index (κ2) is 6.53. The molecule has 0 aromatic carbocycles. The Morgan fingerprint density at radius 3 is 3.13 bits per heavy atom. The lowest BCUT2D eigenvalue weighted by Crippen LogP contribution is -2.25. The molecule has 84 valence electrons. The van der Waals surface area contributed by atoms with Crippen LogP contribution >= 0.6 is 11.3 Å². The molecule has 0 aliphatic carbocycles. The van der Waals surface area contributed by atoms with E-state index in [1.54, 1.807) is 10.9 Å². The first-order valence-corrected chi connectivity index (χ1v) is 5.95. The van der Waals surface area contributed by atoms with E-state index in [9.17, 15) is 4.79 Å². The Morgan fingerprint density at radius 2 is 2.53 bits per heavy atom. The molecule has 0 spiro atoms. The monoisotopic (exact) mass is 228 g/mol. The predicted octanol–water partition coefficient (Wildman–Crippen LogP) is 1.28. The molecule has 0 radical (unpaired) electrons. The van der Waals surface area contributed by atoms with E-state index in [-0.39, 0.29) is 12.5 Å². The van der Waals surface area contributed by atoms with Crippen molar-refractivity contribution in [3.05, 3.63) is 16.6 Å². The van der Waals surface area contributed by atoms with Crippen molar-refractivity contribution in [2.24, 2.45) is 5.92 Å². The average molecular weight is 228 g/mol. The fraction of sp³-hybridized carbons (Fsp3) is 0.600. The van der Waals surface area contributed by atoms with Crippen molar-refractivity contribution in [1.29, 1.82) is 0 Å². The van der Waals surface area contributed by atoms with Gasteiger partial charge in [-0.2, -0.15) is 0 Å². The van der Waals surface area contributed by atoms with Crippen molar-refractivity contribution in [2.75, 3.05) is 13.2 Å². The van der Waals surface area contributed by atoms with E-state index < -0.39 is 0 Å². The highest BCUT2D eigenvalue weighted by atomic mass is 32.1. The number of aliphatic hydroxyl groups is 1. The summed E-state index contributed by atoms with van der Waals surface area (Å²) in [6.45, 7) is 2.84. The van der Waals surface area contributed by atoms with Crippen molar-refractivity contribution in [3.63, 3.8) is 0 Å². The van der Waals surface area contributed by atoms with E-state index in [4.69, 9.17) is 5.11 Å². The van der Waals surface area contributed by atoms with Crippen molar-refractivity contribution in [1.82, 2.24) is 10.3 Å². The summed E-state index contributed by atoms with van der Waals surface area (Å²) in [5.74, 6) is 0.189. The maximum absolute atomic E-state index is 11.4. The number of rotatable bonds is 6. The molecular formula is C10H16N2O2S. The highest BCUT2D eigenvalue weighted by Gasteiger charge is 2.06. The number of hydrogen-bond donors (Lipinski definition) is 2. The van der Waals surface area contributed by atoms with Crippen LogP contribution in [0.4, 0.5) is 0 Å². The summed E-state index contributed by atoms with van der Waals surface area (Å²) in [7, 11) is 0. The van der Waals surface area contributed by atoms with Crippen LogP contribution in [0.15, 0.2) is 10.9 Å². The van der Waals surface area contributed by atoms with Crippen molar-refractivity contribution < 1.29 is 9.90 Å². The van der Waals surface area contributed by atoms with E-state index in [0.717, 1.165) is 12.8 Å². The van der Waals surface area contributed by atoms with Crippen LogP contribution in [0.25, 0.3) is 0 Å². The third-order valence-electron chi connectivity index (χ3n) is 2.14. The fourth-order valence-corrected chi connectivity index (χ4v) is 1.69. The zero-order chi connectivity index (χ0) is 11.1. The van der Waals surface area contributed by atoms with Gasteiger partial charge in [0.1, 0.15) is 5.69 Å². The Balaban J connectivity index is 2.13. The minimum absolute atomic E-state index is 0.118. The first kappa shape index (κ1) is 12.1. The molecular weight excluding hydrogens is 212 g/mol. The molecule has 0 saturated heterocycles. The lowest BCUT2D eigenvalue weighted by atomic mass is 10.1. The minimum Gasteiger partial charge on any atom is -0.396 e. The summed E-state index contributed by atoms with van der Waals surface area (Å²) in [4.78, 5) is 15.3. The zero-order valence-corrected chi connectivity index (χ0v) is 9.59. The number of aliphatic hydroxyl groups excluding tert-OH is 1. The number of nitrogens with one attached hydrogen (secondary N) is 1. The Hall–Kier alpha value is -0.940. The SMILES string of the molecule is CC(CO)CCCNC(=O)c1cscn1. The van der Waals surface area contributed by atoms with Crippen molar-refractivity contribution in [3.8, 4) is 0 Å². The van der Waals surface area contributed by atoms with Crippen LogP contribution in [0.1, 0.15) is 30.3 Å². The first-order valence-electron chi connectivity index (χ1n) is 5.01. The number of carbonyl (C=O) groups is 1. The standard InChI is InChI=1S/C10H16N2O2S/c1-8(5-13)3-2-4-11-10(14)9-6-15-7-12-9/h6-8,13H,2-5H2,1H3,(H,11,14). The molecule has 4 nitrogen and oxygen atoms in total. The molecule has 2 N–H and O–H groups in total. The quantitative estimate of drug-likeness (QED) is 0.721. The van der Waals surface area contributed by atoms with Gasteiger partial charge in [-0.25, -0.2) is 4.98 Å². The Labute approximate surface area is 93.4 Å². The lowest BCUT2D eigenvalue weighted by Gasteiger charge is -2.07. The van der Waals surface area contributed by atoms with Crippen LogP contribution in [0, 0.1) is 5.92 Å². The molecule has 0 fully saturated rings. The van der Waals surface area contributed by atoms with Gasteiger partial charge in [0.25, 0.3) is 5.91 Å². The van der Waals surface area contributed by atoms with Crippen molar-refractivity contribution in [2.45, 2.75) is 19.8 Å². The van der Waals surface area contributed by atoms with E-state index in [1.807, 2.05) is 6.92 Å². The van der Waals surface area contributed by atoms with Gasteiger partial charge in [-0.3, -0.25) is 4.79 Å². The first-order chi connectivity index (χ1) is 7.24.